The van der Waals surface area contributed by atoms with Crippen molar-refractivity contribution in [2.24, 2.45) is 0 Å². The summed E-state index contributed by atoms with van der Waals surface area (Å²) >= 11 is 0. The third kappa shape index (κ3) is 4.28. The van der Waals surface area contributed by atoms with Crippen LogP contribution in [0.2, 0.25) is 0 Å². The molecule has 2 saturated heterocycles. The molecule has 0 N–H and O–H groups in total. The molecule has 0 spiro atoms. The Labute approximate surface area is 145 Å². The summed E-state index contributed by atoms with van der Waals surface area (Å²) in [6, 6.07) is 8.43. The van der Waals surface area contributed by atoms with Crippen LogP contribution < -0.4 is 4.74 Å². The van der Waals surface area contributed by atoms with Crippen molar-refractivity contribution in [3.05, 3.63) is 29.8 Å². The highest BCUT2D eigenvalue weighted by Crippen LogP contribution is 2.19. The molecule has 5 heteroatoms. The topological polar surface area (TPSA) is 36.0 Å². The molecule has 1 amide bonds. The van der Waals surface area contributed by atoms with Crippen molar-refractivity contribution in [3.8, 4) is 5.75 Å². The van der Waals surface area contributed by atoms with Crippen LogP contribution in [0.25, 0.3) is 0 Å². The Morgan fingerprint density at radius 3 is 2.50 bits per heavy atom. The minimum absolute atomic E-state index is 0.246. The van der Waals surface area contributed by atoms with E-state index < -0.39 is 0 Å². The number of nitrogens with zero attached hydrogens (tertiary/aromatic N) is 3. The summed E-state index contributed by atoms with van der Waals surface area (Å²) in [4.78, 5) is 19.5. The van der Waals surface area contributed by atoms with Crippen LogP contribution in [0.1, 0.15) is 18.9 Å². The van der Waals surface area contributed by atoms with E-state index in [0.29, 0.717) is 19.1 Å². The highest BCUT2D eigenvalue weighted by Gasteiger charge is 2.31. The number of ether oxygens (including phenoxy) is 1. The first kappa shape index (κ1) is 17.2. The van der Waals surface area contributed by atoms with Gasteiger partial charge in [-0.05, 0) is 38.1 Å². The minimum atomic E-state index is 0.246. The lowest BCUT2D eigenvalue weighted by atomic mass is 10.1. The van der Waals surface area contributed by atoms with E-state index in [2.05, 4.69) is 16.8 Å². The van der Waals surface area contributed by atoms with E-state index in [4.69, 9.17) is 4.74 Å². The fourth-order valence-electron chi connectivity index (χ4n) is 3.61. The number of amides is 1. The molecule has 0 aromatic heterocycles. The van der Waals surface area contributed by atoms with Crippen molar-refractivity contribution < 1.29 is 9.53 Å². The molecule has 0 bridgehead atoms. The minimum Gasteiger partial charge on any atom is -0.494 e. The van der Waals surface area contributed by atoms with E-state index in [9.17, 15) is 4.79 Å². The lowest BCUT2D eigenvalue weighted by molar-refractivity contribution is -0.129. The van der Waals surface area contributed by atoms with E-state index in [1.165, 1.54) is 0 Å². The highest BCUT2D eigenvalue weighted by molar-refractivity contribution is 5.79. The number of benzene rings is 1. The summed E-state index contributed by atoms with van der Waals surface area (Å²) in [7, 11) is 2.18. The number of carbonyl (C=O) groups excluding carboxylic acids is 1. The number of rotatable bonds is 5. The molecular weight excluding hydrogens is 302 g/mol. The Kier molecular flexibility index (Phi) is 5.74. The van der Waals surface area contributed by atoms with Gasteiger partial charge in [0.15, 0.2) is 0 Å². The molecule has 2 heterocycles. The molecular formula is C19H29N3O2. The van der Waals surface area contributed by atoms with Gasteiger partial charge in [-0.2, -0.15) is 0 Å². The summed E-state index contributed by atoms with van der Waals surface area (Å²) in [5.74, 6) is 1.11. The first-order chi connectivity index (χ1) is 11.7. The second-order valence-electron chi connectivity index (χ2n) is 6.88. The van der Waals surface area contributed by atoms with Crippen LogP contribution in [0.4, 0.5) is 0 Å². The van der Waals surface area contributed by atoms with Gasteiger partial charge in [-0.1, -0.05) is 12.1 Å². The lowest BCUT2D eigenvalue weighted by Gasteiger charge is -2.36. The molecule has 5 nitrogen and oxygen atoms in total. The second-order valence-corrected chi connectivity index (χ2v) is 6.88. The van der Waals surface area contributed by atoms with Gasteiger partial charge in [-0.3, -0.25) is 9.69 Å². The number of hydrogen-bond acceptors (Lipinski definition) is 4. The van der Waals surface area contributed by atoms with Gasteiger partial charge in [0.25, 0.3) is 0 Å². The zero-order valence-corrected chi connectivity index (χ0v) is 14.9. The summed E-state index contributed by atoms with van der Waals surface area (Å²) < 4.78 is 5.45. The largest absolute Gasteiger partial charge is 0.494 e. The molecule has 24 heavy (non-hydrogen) atoms. The third-order valence-corrected chi connectivity index (χ3v) is 5.16. The SMILES string of the molecule is CCOc1ccc(CC(=O)N2CCC(N3CCN(C)CC3)C2)cc1. The van der Waals surface area contributed by atoms with Gasteiger partial charge in [-0.25, -0.2) is 0 Å². The summed E-state index contributed by atoms with van der Waals surface area (Å²) in [6.45, 7) is 8.95. The average Bonchev–Trinajstić information content (AvgIpc) is 3.08. The number of hydrogen-bond donors (Lipinski definition) is 0. The number of piperazine rings is 1. The number of likely N-dealkylation sites (tertiary alicyclic amines) is 1. The molecule has 0 radical (unpaired) electrons. The van der Waals surface area contributed by atoms with Crippen LogP contribution in [0.5, 0.6) is 5.75 Å². The standard InChI is InChI=1S/C19H29N3O2/c1-3-24-18-6-4-16(5-7-18)14-19(23)22-9-8-17(15-22)21-12-10-20(2)11-13-21/h4-7,17H,3,8-15H2,1-2H3. The highest BCUT2D eigenvalue weighted by atomic mass is 16.5. The van der Waals surface area contributed by atoms with Crippen LogP contribution in [0.3, 0.4) is 0 Å². The molecule has 0 saturated carbocycles. The number of likely N-dealkylation sites (N-methyl/N-ethyl adjacent to an activating group) is 1. The fraction of sp³-hybridized carbons (Fsp3) is 0.632. The smallest absolute Gasteiger partial charge is 0.227 e. The van der Waals surface area contributed by atoms with Crippen molar-refractivity contribution in [3.63, 3.8) is 0 Å². The van der Waals surface area contributed by atoms with Crippen LogP contribution >= 0.6 is 0 Å². The fourth-order valence-corrected chi connectivity index (χ4v) is 3.61. The maximum Gasteiger partial charge on any atom is 0.227 e. The van der Waals surface area contributed by atoms with Crippen LogP contribution in [0, 0.1) is 0 Å². The van der Waals surface area contributed by atoms with Crippen LogP contribution in [-0.4, -0.2) is 79.6 Å². The van der Waals surface area contributed by atoms with Gasteiger partial charge in [0.05, 0.1) is 13.0 Å². The van der Waals surface area contributed by atoms with Crippen molar-refractivity contribution in [1.82, 2.24) is 14.7 Å². The summed E-state index contributed by atoms with van der Waals surface area (Å²) in [5, 5.41) is 0. The van der Waals surface area contributed by atoms with Gasteiger partial charge in [0.2, 0.25) is 5.91 Å². The number of carbonyl (C=O) groups is 1. The molecule has 1 atom stereocenters. The second kappa shape index (κ2) is 7.99. The van der Waals surface area contributed by atoms with Gasteiger partial charge < -0.3 is 14.5 Å². The molecule has 2 aliphatic heterocycles. The van der Waals surface area contributed by atoms with Crippen LogP contribution in [0.15, 0.2) is 24.3 Å². The third-order valence-electron chi connectivity index (χ3n) is 5.16. The van der Waals surface area contributed by atoms with Gasteiger partial charge in [0.1, 0.15) is 5.75 Å². The zero-order valence-electron chi connectivity index (χ0n) is 14.9. The Morgan fingerprint density at radius 1 is 1.12 bits per heavy atom. The maximum atomic E-state index is 12.6. The molecule has 132 valence electrons. The van der Waals surface area contributed by atoms with E-state index in [-0.39, 0.29) is 5.91 Å². The normalized spacial score (nSPS) is 22.8. The predicted molar refractivity (Wildman–Crippen MR) is 95.4 cm³/mol. The van der Waals surface area contributed by atoms with Crippen molar-refractivity contribution in [1.29, 1.82) is 0 Å². The first-order valence-electron chi connectivity index (χ1n) is 9.08. The molecule has 0 aliphatic carbocycles. The van der Waals surface area contributed by atoms with Gasteiger partial charge in [0, 0.05) is 45.3 Å². The molecule has 3 rings (SSSR count). The monoisotopic (exact) mass is 331 g/mol. The van der Waals surface area contributed by atoms with E-state index in [1.807, 2.05) is 36.1 Å². The average molecular weight is 331 g/mol. The summed E-state index contributed by atoms with van der Waals surface area (Å²) in [6.07, 6.45) is 1.60. The first-order valence-corrected chi connectivity index (χ1v) is 9.08. The maximum absolute atomic E-state index is 12.6. The van der Waals surface area contributed by atoms with E-state index in [0.717, 1.165) is 57.0 Å². The Bertz CT molecular complexity index is 538. The Balaban J connectivity index is 1.49. The molecule has 1 aromatic rings. The Morgan fingerprint density at radius 2 is 1.83 bits per heavy atom. The summed E-state index contributed by atoms with van der Waals surface area (Å²) in [5.41, 5.74) is 1.06. The zero-order chi connectivity index (χ0) is 16.9. The quantitative estimate of drug-likeness (QED) is 0.819. The van der Waals surface area contributed by atoms with Crippen molar-refractivity contribution in [2.45, 2.75) is 25.8 Å². The van der Waals surface area contributed by atoms with E-state index in [1.54, 1.807) is 0 Å². The van der Waals surface area contributed by atoms with Crippen molar-refractivity contribution in [2.75, 3.05) is 52.9 Å². The molecule has 1 aromatic carbocycles. The molecule has 1 unspecified atom stereocenters. The molecule has 2 fully saturated rings. The van der Waals surface area contributed by atoms with Gasteiger partial charge >= 0.3 is 0 Å². The van der Waals surface area contributed by atoms with Crippen molar-refractivity contribution >= 4 is 5.91 Å². The Hall–Kier alpha value is -1.59. The molecule has 2 aliphatic rings. The van der Waals surface area contributed by atoms with Gasteiger partial charge in [-0.15, -0.1) is 0 Å². The lowest BCUT2D eigenvalue weighted by Crippen LogP contribution is -2.50. The van der Waals surface area contributed by atoms with E-state index >= 15 is 0 Å². The predicted octanol–water partition coefficient (Wildman–Crippen LogP) is 1.48. The van der Waals surface area contributed by atoms with Crippen LogP contribution in [-0.2, 0) is 11.2 Å².